The number of anilines is 1. The van der Waals surface area contributed by atoms with Crippen LogP contribution in [0.4, 0.5) is 18.9 Å². The van der Waals surface area contributed by atoms with Crippen molar-refractivity contribution >= 4 is 17.6 Å². The van der Waals surface area contributed by atoms with E-state index >= 15 is 0 Å². The maximum absolute atomic E-state index is 12.5. The Labute approximate surface area is 92.6 Å². The number of aliphatic carboxylic acids is 2. The van der Waals surface area contributed by atoms with Crippen LogP contribution in [0.25, 0.3) is 0 Å². The van der Waals surface area contributed by atoms with Crippen LogP contribution in [0.1, 0.15) is 0 Å². The van der Waals surface area contributed by atoms with E-state index in [1.807, 2.05) is 5.43 Å². The lowest BCUT2D eigenvalue weighted by molar-refractivity contribution is -0.159. The SMILES string of the molecule is FNNc1ccc(F)cc1F.O=C(O)C(=O)O. The molecule has 94 valence electrons. The van der Waals surface area contributed by atoms with Crippen molar-refractivity contribution < 1.29 is 33.1 Å². The molecule has 1 rings (SSSR count). The number of hydrogen-bond donors (Lipinski definition) is 4. The van der Waals surface area contributed by atoms with E-state index in [-0.39, 0.29) is 5.69 Å². The Morgan fingerprint density at radius 1 is 1.12 bits per heavy atom. The first kappa shape index (κ1) is 14.7. The molecule has 0 fully saturated rings. The normalized spacial score (nSPS) is 8.88. The Morgan fingerprint density at radius 2 is 1.65 bits per heavy atom. The minimum absolute atomic E-state index is 0.145. The van der Waals surface area contributed by atoms with Crippen LogP contribution in [0.3, 0.4) is 0 Å². The maximum atomic E-state index is 12.5. The van der Waals surface area contributed by atoms with Gasteiger partial charge in [0.05, 0.1) is 5.69 Å². The third-order valence-electron chi connectivity index (χ3n) is 1.30. The van der Waals surface area contributed by atoms with Gasteiger partial charge in [0.1, 0.15) is 5.82 Å². The van der Waals surface area contributed by atoms with Crippen molar-refractivity contribution in [2.24, 2.45) is 0 Å². The van der Waals surface area contributed by atoms with Gasteiger partial charge in [-0.15, -0.1) is 4.48 Å². The summed E-state index contributed by atoms with van der Waals surface area (Å²) in [5, 5.41) is 14.8. The van der Waals surface area contributed by atoms with E-state index in [9.17, 15) is 13.3 Å². The van der Waals surface area contributed by atoms with Crippen molar-refractivity contribution in [2.75, 3.05) is 5.43 Å². The summed E-state index contributed by atoms with van der Waals surface area (Å²) in [4.78, 5) is 18.2. The third-order valence-corrected chi connectivity index (χ3v) is 1.30. The highest BCUT2D eigenvalue weighted by atomic mass is 19.2. The lowest BCUT2D eigenvalue weighted by Gasteiger charge is -2.01. The molecule has 4 N–H and O–H groups in total. The van der Waals surface area contributed by atoms with Gasteiger partial charge in [-0.2, -0.15) is 0 Å². The summed E-state index contributed by atoms with van der Waals surface area (Å²) in [5.41, 5.74) is 2.73. The number of carboxylic acids is 2. The largest absolute Gasteiger partial charge is 0.473 e. The van der Waals surface area contributed by atoms with Gasteiger partial charge in [0.15, 0.2) is 5.82 Å². The number of rotatable bonds is 2. The average Bonchev–Trinajstić information content (AvgIpc) is 2.23. The molecule has 17 heavy (non-hydrogen) atoms. The van der Waals surface area contributed by atoms with Crippen molar-refractivity contribution in [3.63, 3.8) is 0 Å². The topological polar surface area (TPSA) is 98.7 Å². The summed E-state index contributed by atoms with van der Waals surface area (Å²) in [5.74, 6) is -5.20. The second kappa shape index (κ2) is 7.06. The number of benzene rings is 1. The molecule has 0 aromatic heterocycles. The standard InChI is InChI=1S/C6H5F3N2.C2H2O4/c7-4-1-2-6(10-11-9)5(8)3-4;3-1(4)2(5)6/h1-3,10-11H;(H,3,4)(H,5,6). The van der Waals surface area contributed by atoms with Crippen LogP contribution in [0.15, 0.2) is 18.2 Å². The number of hydrazine groups is 1. The minimum Gasteiger partial charge on any atom is -0.473 e. The second-order valence-corrected chi connectivity index (χ2v) is 2.45. The van der Waals surface area contributed by atoms with Crippen LogP contribution in [0.2, 0.25) is 0 Å². The van der Waals surface area contributed by atoms with Crippen LogP contribution in [0, 0.1) is 11.6 Å². The van der Waals surface area contributed by atoms with Crippen LogP contribution >= 0.6 is 0 Å². The molecule has 0 amide bonds. The summed E-state index contributed by atoms with van der Waals surface area (Å²) in [7, 11) is 0. The van der Waals surface area contributed by atoms with Gasteiger partial charge in [-0.1, -0.05) is 5.65 Å². The number of nitrogens with one attached hydrogen (secondary N) is 2. The van der Waals surface area contributed by atoms with Gasteiger partial charge in [0.25, 0.3) is 0 Å². The van der Waals surface area contributed by atoms with Crippen LogP contribution in [-0.2, 0) is 9.59 Å². The molecule has 0 aliphatic rings. The molecule has 0 saturated carbocycles. The molecule has 0 bridgehead atoms. The van der Waals surface area contributed by atoms with Crippen molar-refractivity contribution in [1.29, 1.82) is 0 Å². The predicted molar refractivity (Wildman–Crippen MR) is 49.5 cm³/mol. The molecule has 0 heterocycles. The Balaban J connectivity index is 0.000000366. The first-order valence-corrected chi connectivity index (χ1v) is 3.91. The lowest BCUT2D eigenvalue weighted by Crippen LogP contribution is -2.11. The first-order chi connectivity index (χ1) is 7.88. The monoisotopic (exact) mass is 252 g/mol. The molecule has 9 heteroatoms. The van der Waals surface area contributed by atoms with Crippen molar-refractivity contribution in [1.82, 2.24) is 5.65 Å². The summed E-state index contributed by atoms with van der Waals surface area (Å²) in [6.45, 7) is 0. The first-order valence-electron chi connectivity index (χ1n) is 3.91. The van der Waals surface area contributed by atoms with E-state index in [4.69, 9.17) is 19.8 Å². The van der Waals surface area contributed by atoms with E-state index in [1.165, 1.54) is 0 Å². The molecule has 0 saturated heterocycles. The average molecular weight is 252 g/mol. The molecular formula is C8H7F3N2O4. The molecule has 0 aliphatic carbocycles. The minimum atomic E-state index is -1.82. The zero-order valence-electron chi connectivity index (χ0n) is 8.08. The number of carbonyl (C=O) groups is 2. The fourth-order valence-corrected chi connectivity index (χ4v) is 0.642. The van der Waals surface area contributed by atoms with Crippen LogP contribution in [-0.4, -0.2) is 22.2 Å². The zero-order valence-corrected chi connectivity index (χ0v) is 8.08. The van der Waals surface area contributed by atoms with E-state index in [1.54, 1.807) is 0 Å². The fraction of sp³-hybridized carbons (Fsp3) is 0. The van der Waals surface area contributed by atoms with Crippen molar-refractivity contribution in [3.8, 4) is 0 Å². The summed E-state index contributed by atoms with van der Waals surface area (Å²) < 4.78 is 36.1. The molecule has 0 atom stereocenters. The Hall–Kier alpha value is -2.29. The van der Waals surface area contributed by atoms with Gasteiger partial charge in [-0.25, -0.2) is 18.4 Å². The Kier molecular flexibility index (Phi) is 6.11. The highest BCUT2D eigenvalue weighted by molar-refractivity contribution is 6.27. The lowest BCUT2D eigenvalue weighted by atomic mass is 10.3. The maximum Gasteiger partial charge on any atom is 0.414 e. The quantitative estimate of drug-likeness (QED) is 0.355. The molecule has 0 radical (unpaired) electrons. The molecule has 0 spiro atoms. The number of halogens is 3. The highest BCUT2D eigenvalue weighted by Crippen LogP contribution is 2.13. The van der Waals surface area contributed by atoms with Crippen LogP contribution < -0.4 is 11.1 Å². The summed E-state index contributed by atoms with van der Waals surface area (Å²) >= 11 is 0. The second-order valence-electron chi connectivity index (χ2n) is 2.45. The number of carboxylic acid groups (broad SMARTS) is 2. The van der Waals surface area contributed by atoms with Gasteiger partial charge in [-0.05, 0) is 12.1 Å². The zero-order chi connectivity index (χ0) is 13.4. The van der Waals surface area contributed by atoms with Gasteiger partial charge in [0, 0.05) is 6.07 Å². The van der Waals surface area contributed by atoms with E-state index < -0.39 is 23.6 Å². The van der Waals surface area contributed by atoms with Gasteiger partial charge in [-0.3, -0.25) is 5.43 Å². The van der Waals surface area contributed by atoms with Crippen molar-refractivity contribution in [3.05, 3.63) is 29.8 Å². The molecule has 0 aliphatic heterocycles. The fourth-order valence-electron chi connectivity index (χ4n) is 0.642. The molecule has 6 nitrogen and oxygen atoms in total. The molecular weight excluding hydrogens is 245 g/mol. The van der Waals surface area contributed by atoms with Crippen LogP contribution in [0.5, 0.6) is 0 Å². The third kappa shape index (κ3) is 5.99. The van der Waals surface area contributed by atoms with Gasteiger partial charge >= 0.3 is 11.9 Å². The molecule has 1 aromatic rings. The van der Waals surface area contributed by atoms with Gasteiger partial charge < -0.3 is 10.2 Å². The van der Waals surface area contributed by atoms with Gasteiger partial charge in [0.2, 0.25) is 0 Å². The Bertz CT molecular complexity index is 402. The van der Waals surface area contributed by atoms with E-state index in [2.05, 4.69) is 0 Å². The summed E-state index contributed by atoms with van der Waals surface area (Å²) in [6.07, 6.45) is 0. The summed E-state index contributed by atoms with van der Waals surface area (Å²) in [6, 6.07) is 2.75. The van der Waals surface area contributed by atoms with Crippen molar-refractivity contribution in [2.45, 2.75) is 0 Å². The Morgan fingerprint density at radius 3 is 2.00 bits per heavy atom. The van der Waals surface area contributed by atoms with E-state index in [0.29, 0.717) is 6.07 Å². The molecule has 0 unspecified atom stereocenters. The highest BCUT2D eigenvalue weighted by Gasteiger charge is 2.04. The smallest absolute Gasteiger partial charge is 0.414 e. The number of hydrogen-bond acceptors (Lipinski definition) is 4. The van der Waals surface area contributed by atoms with E-state index in [0.717, 1.165) is 17.8 Å². The predicted octanol–water partition coefficient (Wildman–Crippen LogP) is 0.921. The molecule has 1 aromatic carbocycles.